The molecule has 2 saturated heterocycles. The molecule has 0 radical (unpaired) electrons. The molecule has 184 valence electrons. The van der Waals surface area contributed by atoms with Crippen LogP contribution in [0.4, 0.5) is 4.39 Å². The lowest BCUT2D eigenvalue weighted by atomic mass is 9.87. The standard InChI is InChI=1S/C31H31FN2O2/c32-27-10-8-22(9-11-27)23-12-15-33(16-13-23)18-26-19-34(20-30(26)25-14-17-36-21-25)31(35)29-7-3-5-24-4-1-2-6-28(24)29/h1-11,14,17,21,23,26,30H,12-13,15-16,18-20H2. The number of carbonyl (C=O) groups is 1. The predicted octanol–water partition coefficient (Wildman–Crippen LogP) is 6.31. The van der Waals surface area contributed by atoms with Crippen LogP contribution in [0.3, 0.4) is 0 Å². The van der Waals surface area contributed by atoms with Gasteiger partial charge in [0.25, 0.3) is 5.91 Å². The number of likely N-dealkylation sites (tertiary alicyclic amines) is 2. The second-order valence-corrected chi connectivity index (χ2v) is 10.3. The molecule has 5 heteroatoms. The number of fused-ring (bicyclic) bond motifs is 1. The van der Waals surface area contributed by atoms with Crippen molar-refractivity contribution in [3.8, 4) is 0 Å². The first-order valence-corrected chi connectivity index (χ1v) is 12.9. The van der Waals surface area contributed by atoms with Gasteiger partial charge in [-0.15, -0.1) is 0 Å². The first-order chi connectivity index (χ1) is 17.7. The summed E-state index contributed by atoms with van der Waals surface area (Å²) in [5.41, 5.74) is 3.19. The van der Waals surface area contributed by atoms with E-state index in [0.717, 1.165) is 55.4 Å². The molecule has 2 aliphatic rings. The molecule has 36 heavy (non-hydrogen) atoms. The summed E-state index contributed by atoms with van der Waals surface area (Å²) in [6, 6.07) is 23.1. The maximum atomic E-state index is 13.7. The molecule has 0 saturated carbocycles. The van der Waals surface area contributed by atoms with Crippen molar-refractivity contribution in [2.45, 2.75) is 24.7 Å². The Morgan fingerprint density at radius 2 is 1.67 bits per heavy atom. The Kier molecular flexibility index (Phi) is 6.32. The minimum atomic E-state index is -0.176. The third-order valence-electron chi connectivity index (χ3n) is 8.14. The average Bonchev–Trinajstić information content (AvgIpc) is 3.59. The van der Waals surface area contributed by atoms with Crippen molar-refractivity contribution in [3.05, 3.63) is 108 Å². The Labute approximate surface area is 211 Å². The van der Waals surface area contributed by atoms with E-state index in [1.54, 1.807) is 18.4 Å². The summed E-state index contributed by atoms with van der Waals surface area (Å²) >= 11 is 0. The van der Waals surface area contributed by atoms with Crippen LogP contribution in [0.25, 0.3) is 10.8 Å². The fourth-order valence-electron chi connectivity index (χ4n) is 6.18. The Morgan fingerprint density at radius 1 is 0.889 bits per heavy atom. The molecule has 2 unspecified atom stereocenters. The number of hydrogen-bond donors (Lipinski definition) is 0. The van der Waals surface area contributed by atoms with Gasteiger partial charge in [-0.1, -0.05) is 48.5 Å². The molecule has 0 N–H and O–H groups in total. The molecular weight excluding hydrogens is 451 g/mol. The van der Waals surface area contributed by atoms with Crippen LogP contribution in [-0.4, -0.2) is 48.4 Å². The molecule has 1 amide bonds. The van der Waals surface area contributed by atoms with Crippen LogP contribution in [0.2, 0.25) is 0 Å². The summed E-state index contributed by atoms with van der Waals surface area (Å²) in [5, 5.41) is 2.10. The zero-order chi connectivity index (χ0) is 24.5. The molecule has 4 nitrogen and oxygen atoms in total. The van der Waals surface area contributed by atoms with Crippen LogP contribution < -0.4 is 0 Å². The number of nitrogens with zero attached hydrogens (tertiary/aromatic N) is 2. The number of benzene rings is 3. The van der Waals surface area contributed by atoms with Crippen molar-refractivity contribution in [3.63, 3.8) is 0 Å². The minimum Gasteiger partial charge on any atom is -0.472 e. The van der Waals surface area contributed by atoms with Gasteiger partial charge in [-0.2, -0.15) is 0 Å². The van der Waals surface area contributed by atoms with Crippen molar-refractivity contribution in [1.29, 1.82) is 0 Å². The normalized spacial score (nSPS) is 21.3. The van der Waals surface area contributed by atoms with Crippen LogP contribution in [0.1, 0.15) is 46.2 Å². The van der Waals surface area contributed by atoms with Gasteiger partial charge in [-0.05, 0) is 83.9 Å². The number of amides is 1. The summed E-state index contributed by atoms with van der Waals surface area (Å²) < 4.78 is 18.8. The summed E-state index contributed by atoms with van der Waals surface area (Å²) in [6.07, 6.45) is 5.72. The first kappa shape index (κ1) is 23.0. The second-order valence-electron chi connectivity index (χ2n) is 10.3. The molecule has 6 rings (SSSR count). The minimum absolute atomic E-state index is 0.109. The van der Waals surface area contributed by atoms with Crippen LogP contribution >= 0.6 is 0 Å². The van der Waals surface area contributed by atoms with Gasteiger partial charge in [-0.25, -0.2) is 4.39 Å². The fourth-order valence-corrected chi connectivity index (χ4v) is 6.18. The van der Waals surface area contributed by atoms with Crippen LogP contribution in [0, 0.1) is 11.7 Å². The van der Waals surface area contributed by atoms with Crippen molar-refractivity contribution < 1.29 is 13.6 Å². The molecule has 0 bridgehead atoms. The van der Waals surface area contributed by atoms with E-state index in [9.17, 15) is 9.18 Å². The Bertz CT molecular complexity index is 1320. The van der Waals surface area contributed by atoms with Gasteiger partial charge in [0.2, 0.25) is 0 Å². The van der Waals surface area contributed by atoms with Gasteiger partial charge < -0.3 is 14.2 Å². The molecule has 0 aliphatic carbocycles. The highest BCUT2D eigenvalue weighted by atomic mass is 19.1. The molecular formula is C31H31FN2O2. The van der Waals surface area contributed by atoms with Crippen molar-refractivity contribution in [2.24, 2.45) is 5.92 Å². The number of hydrogen-bond acceptors (Lipinski definition) is 3. The van der Waals surface area contributed by atoms with Gasteiger partial charge in [-0.3, -0.25) is 4.79 Å². The molecule has 2 atom stereocenters. The van der Waals surface area contributed by atoms with Gasteiger partial charge in [0.15, 0.2) is 0 Å². The summed E-state index contributed by atoms with van der Waals surface area (Å²) in [6.45, 7) is 4.46. The first-order valence-electron chi connectivity index (χ1n) is 12.9. The highest BCUT2D eigenvalue weighted by Crippen LogP contribution is 2.36. The molecule has 4 aromatic rings. The van der Waals surface area contributed by atoms with E-state index in [4.69, 9.17) is 4.42 Å². The molecule has 2 aliphatic heterocycles. The smallest absolute Gasteiger partial charge is 0.254 e. The lowest BCUT2D eigenvalue weighted by Crippen LogP contribution is -2.38. The van der Waals surface area contributed by atoms with E-state index in [0.29, 0.717) is 18.4 Å². The zero-order valence-corrected chi connectivity index (χ0v) is 20.4. The molecule has 2 fully saturated rings. The maximum absolute atomic E-state index is 13.7. The summed E-state index contributed by atoms with van der Waals surface area (Å²) in [4.78, 5) is 18.3. The second kappa shape index (κ2) is 9.90. The fraction of sp³-hybridized carbons (Fsp3) is 0.323. The number of piperidine rings is 1. The average molecular weight is 483 g/mol. The topological polar surface area (TPSA) is 36.7 Å². The quantitative estimate of drug-likeness (QED) is 0.335. The summed E-state index contributed by atoms with van der Waals surface area (Å²) in [5.74, 6) is 1.03. The Morgan fingerprint density at radius 3 is 2.44 bits per heavy atom. The number of rotatable bonds is 5. The van der Waals surface area contributed by atoms with Crippen LogP contribution in [0.15, 0.2) is 89.7 Å². The van der Waals surface area contributed by atoms with E-state index in [1.807, 2.05) is 59.7 Å². The monoisotopic (exact) mass is 482 g/mol. The van der Waals surface area contributed by atoms with Crippen molar-refractivity contribution >= 4 is 16.7 Å². The van der Waals surface area contributed by atoms with Crippen molar-refractivity contribution in [1.82, 2.24) is 9.80 Å². The molecule has 1 aromatic heterocycles. The third-order valence-corrected chi connectivity index (χ3v) is 8.14. The number of furan rings is 1. The van der Waals surface area contributed by atoms with E-state index < -0.39 is 0 Å². The summed E-state index contributed by atoms with van der Waals surface area (Å²) in [7, 11) is 0. The SMILES string of the molecule is O=C(c1cccc2ccccc12)N1CC(CN2CCC(c3ccc(F)cc3)CC2)C(c2ccoc2)C1. The Hall–Kier alpha value is -3.44. The van der Waals surface area contributed by atoms with Gasteiger partial charge in [0.05, 0.1) is 12.5 Å². The third kappa shape index (κ3) is 4.56. The Balaban J connectivity index is 1.17. The number of carbonyl (C=O) groups excluding carboxylic acids is 1. The van der Waals surface area contributed by atoms with Crippen LogP contribution in [0.5, 0.6) is 0 Å². The predicted molar refractivity (Wildman–Crippen MR) is 140 cm³/mol. The van der Waals surface area contributed by atoms with E-state index in [1.165, 1.54) is 11.1 Å². The van der Waals surface area contributed by atoms with Gasteiger partial charge >= 0.3 is 0 Å². The highest BCUT2D eigenvalue weighted by Gasteiger charge is 2.38. The van der Waals surface area contributed by atoms with Gasteiger partial charge in [0.1, 0.15) is 5.82 Å². The van der Waals surface area contributed by atoms with E-state index in [-0.39, 0.29) is 17.6 Å². The lowest BCUT2D eigenvalue weighted by molar-refractivity contribution is 0.0783. The molecule has 0 spiro atoms. The zero-order valence-electron chi connectivity index (χ0n) is 20.4. The van der Waals surface area contributed by atoms with Crippen LogP contribution in [-0.2, 0) is 0 Å². The van der Waals surface area contributed by atoms with Crippen molar-refractivity contribution in [2.75, 3.05) is 32.7 Å². The van der Waals surface area contributed by atoms with Gasteiger partial charge in [0, 0.05) is 31.1 Å². The highest BCUT2D eigenvalue weighted by molar-refractivity contribution is 6.07. The van der Waals surface area contributed by atoms with E-state index in [2.05, 4.69) is 17.0 Å². The van der Waals surface area contributed by atoms with E-state index >= 15 is 0 Å². The lowest BCUT2D eigenvalue weighted by Gasteiger charge is -2.34. The molecule has 3 heterocycles. The maximum Gasteiger partial charge on any atom is 0.254 e. The largest absolute Gasteiger partial charge is 0.472 e. The molecule has 3 aromatic carbocycles. The number of halogens is 1.